The van der Waals surface area contributed by atoms with E-state index < -0.39 is 11.2 Å². The number of nitrogens with one attached hydrogen (secondary N) is 1. The Balaban J connectivity index is 2.41. The fraction of sp³-hybridized carbons (Fsp3) is 0.143. The van der Waals surface area contributed by atoms with Crippen molar-refractivity contribution in [1.82, 2.24) is 14.1 Å². The molecule has 0 unspecified atom stereocenters. The Labute approximate surface area is 108 Å². The highest BCUT2D eigenvalue weighted by atomic mass is 16.2. The second-order valence-electron chi connectivity index (χ2n) is 4.57. The van der Waals surface area contributed by atoms with Crippen molar-refractivity contribution >= 4 is 10.9 Å². The molecule has 0 radical (unpaired) electrons. The molecular weight excluding hydrogens is 242 g/mol. The van der Waals surface area contributed by atoms with E-state index >= 15 is 0 Å². The highest BCUT2D eigenvalue weighted by molar-refractivity contribution is 5.90. The summed E-state index contributed by atoms with van der Waals surface area (Å²) in [6.45, 7) is 2.03. The summed E-state index contributed by atoms with van der Waals surface area (Å²) in [5.41, 5.74) is 2.17. The van der Waals surface area contributed by atoms with Gasteiger partial charge in [-0.2, -0.15) is 0 Å². The predicted molar refractivity (Wildman–Crippen MR) is 73.9 cm³/mol. The van der Waals surface area contributed by atoms with Gasteiger partial charge in [0.25, 0.3) is 5.56 Å². The van der Waals surface area contributed by atoms with E-state index in [4.69, 9.17) is 0 Å². The number of aromatic amines is 1. The topological polar surface area (TPSA) is 59.8 Å². The van der Waals surface area contributed by atoms with Crippen LogP contribution in [0.1, 0.15) is 5.56 Å². The molecule has 96 valence electrons. The zero-order valence-electron chi connectivity index (χ0n) is 10.7. The van der Waals surface area contributed by atoms with Crippen LogP contribution in [0.2, 0.25) is 0 Å². The van der Waals surface area contributed by atoms with Gasteiger partial charge in [0, 0.05) is 30.9 Å². The molecule has 0 aliphatic heterocycles. The molecule has 0 spiro atoms. The number of H-pyrrole nitrogens is 1. The summed E-state index contributed by atoms with van der Waals surface area (Å²) < 4.78 is 3.47. The fourth-order valence-corrected chi connectivity index (χ4v) is 2.42. The van der Waals surface area contributed by atoms with Gasteiger partial charge in [-0.1, -0.05) is 6.07 Å². The zero-order chi connectivity index (χ0) is 13.6. The maximum absolute atomic E-state index is 11.9. The Hall–Kier alpha value is -2.56. The average molecular weight is 255 g/mol. The normalized spacial score (nSPS) is 11.1. The van der Waals surface area contributed by atoms with Gasteiger partial charge in [-0.15, -0.1) is 0 Å². The van der Waals surface area contributed by atoms with Crippen molar-refractivity contribution in [2.24, 2.45) is 7.05 Å². The molecule has 0 atom stereocenters. The van der Waals surface area contributed by atoms with Crippen LogP contribution in [-0.2, 0) is 7.05 Å². The van der Waals surface area contributed by atoms with Crippen LogP contribution >= 0.6 is 0 Å². The first kappa shape index (κ1) is 11.5. The summed E-state index contributed by atoms with van der Waals surface area (Å²) in [7, 11) is 1.97. The Morgan fingerprint density at radius 3 is 2.58 bits per heavy atom. The SMILES string of the molecule is Cc1ccc(-n2ccc(=O)[nH]c2=O)c2ccn(C)c12. The van der Waals surface area contributed by atoms with Crippen LogP contribution in [0.15, 0.2) is 46.2 Å². The number of aryl methyl sites for hydroxylation is 2. The van der Waals surface area contributed by atoms with Crippen molar-refractivity contribution in [2.45, 2.75) is 6.92 Å². The number of aromatic nitrogens is 3. The molecule has 1 N–H and O–H groups in total. The molecule has 0 amide bonds. The van der Waals surface area contributed by atoms with E-state index in [0.717, 1.165) is 22.2 Å². The van der Waals surface area contributed by atoms with E-state index in [-0.39, 0.29) is 0 Å². The predicted octanol–water partition coefficient (Wildman–Crippen LogP) is 1.33. The number of hydrogen-bond donors (Lipinski definition) is 1. The number of fused-ring (bicyclic) bond motifs is 1. The first-order valence-electron chi connectivity index (χ1n) is 5.95. The third kappa shape index (κ3) is 1.71. The molecule has 0 aliphatic carbocycles. The molecule has 0 bridgehead atoms. The van der Waals surface area contributed by atoms with E-state index in [1.807, 2.05) is 42.9 Å². The largest absolute Gasteiger partial charge is 0.350 e. The average Bonchev–Trinajstić information content (AvgIpc) is 2.74. The molecule has 3 aromatic rings. The summed E-state index contributed by atoms with van der Waals surface area (Å²) in [4.78, 5) is 25.3. The Bertz CT molecular complexity index is 884. The standard InChI is InChI=1S/C14H13N3O2/c1-9-3-4-11(10-5-7-16(2)13(9)10)17-8-6-12(18)15-14(17)19/h3-8H,1-2H3,(H,15,18,19). The highest BCUT2D eigenvalue weighted by Crippen LogP contribution is 2.24. The number of nitrogens with zero attached hydrogens (tertiary/aromatic N) is 2. The molecule has 19 heavy (non-hydrogen) atoms. The summed E-state index contributed by atoms with van der Waals surface area (Å²) in [5, 5.41) is 0.983. The second kappa shape index (κ2) is 3.98. The summed E-state index contributed by atoms with van der Waals surface area (Å²) in [6, 6.07) is 7.16. The highest BCUT2D eigenvalue weighted by Gasteiger charge is 2.09. The van der Waals surface area contributed by atoms with Crippen molar-refractivity contribution in [1.29, 1.82) is 0 Å². The number of benzene rings is 1. The smallest absolute Gasteiger partial charge is 0.332 e. The maximum Gasteiger partial charge on any atom is 0.332 e. The van der Waals surface area contributed by atoms with Crippen molar-refractivity contribution in [3.8, 4) is 5.69 Å². The molecule has 5 nitrogen and oxygen atoms in total. The van der Waals surface area contributed by atoms with Crippen LogP contribution in [0, 0.1) is 6.92 Å². The van der Waals surface area contributed by atoms with Gasteiger partial charge in [0.2, 0.25) is 0 Å². The molecule has 0 aliphatic rings. The van der Waals surface area contributed by atoms with E-state index in [2.05, 4.69) is 4.98 Å². The molecule has 5 heteroatoms. The fourth-order valence-electron chi connectivity index (χ4n) is 2.42. The minimum Gasteiger partial charge on any atom is -0.350 e. The molecular formula is C14H13N3O2. The lowest BCUT2D eigenvalue weighted by atomic mass is 10.1. The first-order chi connectivity index (χ1) is 9.08. The summed E-state index contributed by atoms with van der Waals surface area (Å²) >= 11 is 0. The quantitative estimate of drug-likeness (QED) is 0.713. The van der Waals surface area contributed by atoms with Crippen LogP contribution < -0.4 is 11.2 Å². The molecule has 0 saturated heterocycles. The zero-order valence-corrected chi connectivity index (χ0v) is 10.7. The van der Waals surface area contributed by atoms with E-state index in [1.54, 1.807) is 0 Å². The second-order valence-corrected chi connectivity index (χ2v) is 4.57. The van der Waals surface area contributed by atoms with Crippen molar-refractivity contribution in [3.63, 3.8) is 0 Å². The molecule has 2 aromatic heterocycles. The molecule has 1 aromatic carbocycles. The van der Waals surface area contributed by atoms with Gasteiger partial charge in [-0.25, -0.2) is 4.79 Å². The van der Waals surface area contributed by atoms with Crippen LogP contribution in [0.4, 0.5) is 0 Å². The minimum absolute atomic E-state index is 0.391. The maximum atomic E-state index is 11.9. The molecule has 0 saturated carbocycles. The summed E-state index contributed by atoms with van der Waals surface area (Å²) in [6.07, 6.45) is 3.45. The van der Waals surface area contributed by atoms with Crippen LogP contribution in [0.25, 0.3) is 16.6 Å². The van der Waals surface area contributed by atoms with Gasteiger partial charge < -0.3 is 4.57 Å². The van der Waals surface area contributed by atoms with Gasteiger partial charge in [0.15, 0.2) is 0 Å². The van der Waals surface area contributed by atoms with E-state index in [1.165, 1.54) is 16.8 Å². The van der Waals surface area contributed by atoms with Gasteiger partial charge in [0.05, 0.1) is 11.2 Å². The van der Waals surface area contributed by atoms with Crippen LogP contribution in [0.5, 0.6) is 0 Å². The van der Waals surface area contributed by atoms with E-state index in [9.17, 15) is 9.59 Å². The van der Waals surface area contributed by atoms with Crippen LogP contribution in [0.3, 0.4) is 0 Å². The third-order valence-corrected chi connectivity index (χ3v) is 3.30. The van der Waals surface area contributed by atoms with Crippen molar-refractivity contribution < 1.29 is 0 Å². The summed E-state index contributed by atoms with van der Waals surface area (Å²) in [5.74, 6) is 0. The lowest BCUT2D eigenvalue weighted by Crippen LogP contribution is -2.27. The number of rotatable bonds is 1. The van der Waals surface area contributed by atoms with Gasteiger partial charge in [-0.3, -0.25) is 14.3 Å². The molecule has 3 rings (SSSR count). The van der Waals surface area contributed by atoms with Crippen molar-refractivity contribution in [3.05, 3.63) is 63.1 Å². The Morgan fingerprint density at radius 2 is 1.84 bits per heavy atom. The molecule has 2 heterocycles. The minimum atomic E-state index is -0.429. The first-order valence-corrected chi connectivity index (χ1v) is 5.95. The monoisotopic (exact) mass is 255 g/mol. The van der Waals surface area contributed by atoms with Gasteiger partial charge in [0.1, 0.15) is 0 Å². The third-order valence-electron chi connectivity index (χ3n) is 3.30. The van der Waals surface area contributed by atoms with Crippen LogP contribution in [-0.4, -0.2) is 14.1 Å². The Kier molecular flexibility index (Phi) is 2.41. The lowest BCUT2D eigenvalue weighted by molar-refractivity contribution is 0.901. The van der Waals surface area contributed by atoms with Gasteiger partial charge in [-0.05, 0) is 24.6 Å². The molecule has 0 fully saturated rings. The van der Waals surface area contributed by atoms with Gasteiger partial charge >= 0.3 is 5.69 Å². The Morgan fingerprint density at radius 1 is 1.05 bits per heavy atom. The lowest BCUT2D eigenvalue weighted by Gasteiger charge is -2.09. The van der Waals surface area contributed by atoms with E-state index in [0.29, 0.717) is 0 Å². The van der Waals surface area contributed by atoms with Crippen molar-refractivity contribution in [2.75, 3.05) is 0 Å². The number of hydrogen-bond acceptors (Lipinski definition) is 2.